The van der Waals surface area contributed by atoms with Crippen LogP contribution in [-0.2, 0) is 14.9 Å². The average Bonchev–Trinajstić information content (AvgIpc) is 3.20. The highest BCUT2D eigenvalue weighted by Gasteiger charge is 2.64. The Balaban J connectivity index is 1.20. The number of nitrogens with one attached hydrogen (secondary N) is 1. The van der Waals surface area contributed by atoms with Crippen LogP contribution in [0.25, 0.3) is 0 Å². The lowest BCUT2D eigenvalue weighted by Crippen LogP contribution is -2.62. The van der Waals surface area contributed by atoms with E-state index in [1.54, 1.807) is 4.72 Å². The van der Waals surface area contributed by atoms with Crippen molar-refractivity contribution in [3.8, 4) is 0 Å². The van der Waals surface area contributed by atoms with Gasteiger partial charge in [-0.1, -0.05) is 34.1 Å². The van der Waals surface area contributed by atoms with Gasteiger partial charge in [-0.25, -0.2) is 18.3 Å². The number of rotatable bonds is 7. The van der Waals surface area contributed by atoms with Crippen LogP contribution < -0.4 is 4.72 Å². The summed E-state index contributed by atoms with van der Waals surface area (Å²) in [6, 6.07) is 0. The minimum atomic E-state index is -4.33. The number of nitrogens with zero attached hydrogens (tertiary/aromatic N) is 1. The number of alkyl halides is 2. The number of carbonyl (C=O) groups excluding carboxylic acids is 1. The Morgan fingerprint density at radius 1 is 1.05 bits per heavy atom. The molecule has 0 aromatic carbocycles. The fourth-order valence-electron chi connectivity index (χ4n) is 10.3. The second kappa shape index (κ2) is 10.6. The van der Waals surface area contributed by atoms with Crippen LogP contribution in [0.3, 0.4) is 0 Å². The molecule has 230 valence electrons. The quantitative estimate of drug-likeness (QED) is 0.400. The third kappa shape index (κ3) is 5.08. The maximum atomic E-state index is 13.0. The Morgan fingerprint density at radius 2 is 1.70 bits per heavy atom. The first kappa shape index (κ1) is 30.4. The summed E-state index contributed by atoms with van der Waals surface area (Å²) in [6.07, 6.45) is 6.75. The van der Waals surface area contributed by atoms with Crippen LogP contribution in [0.5, 0.6) is 0 Å². The smallest absolute Gasteiger partial charge is 0.421 e. The first-order valence-electron chi connectivity index (χ1n) is 15.3. The number of amides is 1. The molecule has 4 saturated carbocycles. The van der Waals surface area contributed by atoms with Gasteiger partial charge in [-0.05, 0) is 104 Å². The molecule has 1 aliphatic heterocycles. The van der Waals surface area contributed by atoms with E-state index in [0.29, 0.717) is 34.4 Å². The SMILES string of the molecule is CC[C@H]1C(O)C2[C@@H]3CC[C@H]([C@H](C)CCOC(=O)NS(=O)(=O)N4CC(F)(F)C4)[C@@]3(C)CC[C@@H]2[C@@]2(C)CC[C@@H](O)CC12. The van der Waals surface area contributed by atoms with E-state index in [0.717, 1.165) is 51.4 Å². The molecule has 5 fully saturated rings. The number of halogens is 2. The summed E-state index contributed by atoms with van der Waals surface area (Å²) in [5.41, 5.74) is 0.230. The summed E-state index contributed by atoms with van der Waals surface area (Å²) in [6.45, 7) is 7.33. The molecule has 1 saturated heterocycles. The van der Waals surface area contributed by atoms with Gasteiger partial charge in [0.25, 0.3) is 5.92 Å². The summed E-state index contributed by atoms with van der Waals surface area (Å²) in [4.78, 5) is 12.1. The lowest BCUT2D eigenvalue weighted by molar-refractivity contribution is -0.203. The number of hydrogen-bond acceptors (Lipinski definition) is 6. The molecule has 0 bridgehead atoms. The fourth-order valence-corrected chi connectivity index (χ4v) is 11.4. The highest BCUT2D eigenvalue weighted by atomic mass is 32.2. The van der Waals surface area contributed by atoms with Gasteiger partial charge in [0.1, 0.15) is 0 Å². The summed E-state index contributed by atoms with van der Waals surface area (Å²) >= 11 is 0. The van der Waals surface area contributed by atoms with Gasteiger partial charge < -0.3 is 14.9 Å². The number of ether oxygens (including phenoxy) is 1. The Labute approximate surface area is 237 Å². The molecule has 4 aliphatic carbocycles. The van der Waals surface area contributed by atoms with Gasteiger partial charge in [-0.2, -0.15) is 12.7 Å². The van der Waals surface area contributed by atoms with Crippen LogP contribution in [0, 0.1) is 52.3 Å². The van der Waals surface area contributed by atoms with Crippen molar-refractivity contribution in [3.63, 3.8) is 0 Å². The molecule has 3 N–H and O–H groups in total. The average molecular weight is 591 g/mol. The van der Waals surface area contributed by atoms with Crippen molar-refractivity contribution < 1.29 is 36.9 Å². The largest absolute Gasteiger partial charge is 0.449 e. The van der Waals surface area contributed by atoms with Crippen molar-refractivity contribution in [3.05, 3.63) is 0 Å². The van der Waals surface area contributed by atoms with Gasteiger partial charge in [0.05, 0.1) is 31.9 Å². The molecule has 11 atom stereocenters. The van der Waals surface area contributed by atoms with E-state index < -0.39 is 35.3 Å². The summed E-state index contributed by atoms with van der Waals surface area (Å²) in [7, 11) is -4.33. The zero-order chi connectivity index (χ0) is 29.3. The third-order valence-corrected chi connectivity index (χ3v) is 13.7. The molecule has 8 nitrogen and oxygen atoms in total. The van der Waals surface area contributed by atoms with Crippen LogP contribution in [0.4, 0.5) is 13.6 Å². The van der Waals surface area contributed by atoms with E-state index in [2.05, 4.69) is 27.7 Å². The monoisotopic (exact) mass is 590 g/mol. The van der Waals surface area contributed by atoms with Gasteiger partial charge in [0.15, 0.2) is 0 Å². The molecule has 40 heavy (non-hydrogen) atoms. The highest BCUT2D eigenvalue weighted by molar-refractivity contribution is 7.87. The Hall–Kier alpha value is -1.04. The molecule has 0 aromatic rings. The number of hydrogen-bond donors (Lipinski definition) is 3. The number of aliphatic hydroxyl groups is 2. The normalized spacial score (nSPS) is 45.4. The first-order chi connectivity index (χ1) is 18.6. The molecule has 5 aliphatic rings. The molecule has 1 amide bonds. The number of carbonyl (C=O) groups is 1. The second-order valence-corrected chi connectivity index (χ2v) is 15.9. The van der Waals surface area contributed by atoms with E-state index >= 15 is 0 Å². The predicted octanol–water partition coefficient (Wildman–Crippen LogP) is 4.56. The van der Waals surface area contributed by atoms with Crippen molar-refractivity contribution in [2.45, 2.75) is 104 Å². The zero-order valence-electron chi connectivity index (χ0n) is 24.3. The molecule has 0 spiro atoms. The van der Waals surface area contributed by atoms with Crippen LogP contribution in [0.15, 0.2) is 0 Å². The molecule has 11 heteroatoms. The van der Waals surface area contributed by atoms with Gasteiger partial charge >= 0.3 is 16.3 Å². The molecule has 3 unspecified atom stereocenters. The van der Waals surface area contributed by atoms with Crippen molar-refractivity contribution >= 4 is 16.3 Å². The van der Waals surface area contributed by atoms with Crippen LogP contribution in [-0.4, -0.2) is 66.9 Å². The Bertz CT molecular complexity index is 1070. The number of aliphatic hydroxyl groups excluding tert-OH is 2. The second-order valence-electron chi connectivity index (χ2n) is 14.3. The van der Waals surface area contributed by atoms with Crippen LogP contribution in [0.1, 0.15) is 85.5 Å². The van der Waals surface area contributed by atoms with E-state index in [4.69, 9.17) is 4.74 Å². The topological polar surface area (TPSA) is 116 Å². The molecule has 0 radical (unpaired) electrons. The highest BCUT2D eigenvalue weighted by Crippen LogP contribution is 2.69. The number of fused-ring (bicyclic) bond motifs is 5. The minimum absolute atomic E-state index is 0.0462. The fraction of sp³-hybridized carbons (Fsp3) is 0.966. The van der Waals surface area contributed by atoms with Gasteiger partial charge in [-0.3, -0.25) is 0 Å². The minimum Gasteiger partial charge on any atom is -0.449 e. The van der Waals surface area contributed by atoms with Gasteiger partial charge in [0, 0.05) is 0 Å². The first-order valence-corrected chi connectivity index (χ1v) is 16.8. The Morgan fingerprint density at radius 3 is 2.35 bits per heavy atom. The van der Waals surface area contributed by atoms with E-state index in [9.17, 15) is 32.2 Å². The Kier molecular flexibility index (Phi) is 8.06. The van der Waals surface area contributed by atoms with Crippen molar-refractivity contribution in [2.24, 2.45) is 52.3 Å². The van der Waals surface area contributed by atoms with E-state index in [1.165, 1.54) is 0 Å². The van der Waals surface area contributed by atoms with Crippen LogP contribution >= 0.6 is 0 Å². The zero-order valence-corrected chi connectivity index (χ0v) is 25.1. The molecule has 0 aromatic heterocycles. The lowest BCUT2D eigenvalue weighted by Gasteiger charge is -2.64. The molecule has 1 heterocycles. The third-order valence-electron chi connectivity index (χ3n) is 12.3. The van der Waals surface area contributed by atoms with Crippen molar-refractivity contribution in [1.82, 2.24) is 9.03 Å². The van der Waals surface area contributed by atoms with E-state index in [1.807, 2.05) is 0 Å². The molecule has 5 rings (SSSR count). The van der Waals surface area contributed by atoms with Gasteiger partial charge in [-0.15, -0.1) is 0 Å². The molecular formula is C29H48F2N2O6S. The van der Waals surface area contributed by atoms with Gasteiger partial charge in [0.2, 0.25) is 0 Å². The standard InChI is InChI=1S/C29H48F2N2O6S/c1-5-19-23-14-18(34)8-11-28(23,4)22-9-12-27(3)20(6-7-21(27)24(22)25(19)35)17(2)10-13-39-26(36)32-40(37,38)33-15-29(30,31)16-33/h17-25,34-35H,5-16H2,1-4H3,(H,32,36)/t17-,18-,19-,20-,21+,22+,23?,24?,25?,27-,28-/m1/s1. The lowest BCUT2D eigenvalue weighted by atomic mass is 9.41. The van der Waals surface area contributed by atoms with E-state index in [-0.39, 0.29) is 47.4 Å². The van der Waals surface area contributed by atoms with Crippen molar-refractivity contribution in [2.75, 3.05) is 19.7 Å². The summed E-state index contributed by atoms with van der Waals surface area (Å²) in [5.74, 6) is -0.686. The van der Waals surface area contributed by atoms with Crippen LogP contribution in [0.2, 0.25) is 0 Å². The maximum absolute atomic E-state index is 13.0. The predicted molar refractivity (Wildman–Crippen MR) is 145 cm³/mol. The summed E-state index contributed by atoms with van der Waals surface area (Å²) in [5, 5.41) is 22.3. The molecular weight excluding hydrogens is 542 g/mol. The maximum Gasteiger partial charge on any atom is 0.421 e. The van der Waals surface area contributed by atoms with Crippen molar-refractivity contribution in [1.29, 1.82) is 0 Å². The summed E-state index contributed by atoms with van der Waals surface area (Å²) < 4.78 is 57.6.